The van der Waals surface area contributed by atoms with Gasteiger partial charge in [0, 0.05) is 12.7 Å². The van der Waals surface area contributed by atoms with E-state index in [1.165, 1.54) is 0 Å². The number of carbonyl (C=O) groups is 2. The van der Waals surface area contributed by atoms with Gasteiger partial charge < -0.3 is 9.64 Å². The number of nitrogens with one attached hydrogen (secondary N) is 1. The maximum atomic E-state index is 13.7. The minimum Gasteiger partial charge on any atom is -0.444 e. The van der Waals surface area contributed by atoms with E-state index in [2.05, 4.69) is 5.32 Å². The number of fused-ring (bicyclic) bond motifs is 1. The maximum absolute atomic E-state index is 13.7. The van der Waals surface area contributed by atoms with E-state index < -0.39 is 17.1 Å². The molecule has 5 nitrogen and oxygen atoms in total. The van der Waals surface area contributed by atoms with Gasteiger partial charge in [0.1, 0.15) is 11.0 Å². The lowest BCUT2D eigenvalue weighted by atomic mass is 9.72. The van der Waals surface area contributed by atoms with E-state index in [0.717, 1.165) is 22.4 Å². The van der Waals surface area contributed by atoms with Crippen molar-refractivity contribution in [3.63, 3.8) is 0 Å². The zero-order valence-corrected chi connectivity index (χ0v) is 20.0. The lowest BCUT2D eigenvalue weighted by Gasteiger charge is -2.28. The van der Waals surface area contributed by atoms with Crippen LogP contribution in [0.1, 0.15) is 43.9 Å². The molecule has 0 unspecified atom stereocenters. The number of hydrogen-bond donors (Lipinski definition) is 1. The summed E-state index contributed by atoms with van der Waals surface area (Å²) in [5, 5.41) is 2.83. The van der Waals surface area contributed by atoms with Crippen molar-refractivity contribution in [2.75, 3.05) is 17.3 Å². The van der Waals surface area contributed by atoms with Crippen molar-refractivity contribution in [2.45, 2.75) is 38.2 Å². The van der Waals surface area contributed by atoms with Crippen LogP contribution in [0.4, 0.5) is 16.2 Å². The molecule has 1 atom stereocenters. The summed E-state index contributed by atoms with van der Waals surface area (Å²) in [5.74, 6) is 0.0460. The van der Waals surface area contributed by atoms with Gasteiger partial charge in [0.05, 0.1) is 5.69 Å². The molecule has 1 aliphatic heterocycles. The second kappa shape index (κ2) is 9.18. The van der Waals surface area contributed by atoms with Crippen LogP contribution in [0.15, 0.2) is 84.9 Å². The highest BCUT2D eigenvalue weighted by atomic mass is 16.6. The Hall–Kier alpha value is -3.86. The van der Waals surface area contributed by atoms with Crippen LogP contribution < -0.4 is 10.2 Å². The molecule has 0 aromatic heterocycles. The van der Waals surface area contributed by atoms with Crippen molar-refractivity contribution in [2.24, 2.45) is 0 Å². The van der Waals surface area contributed by atoms with Crippen molar-refractivity contribution in [3.05, 3.63) is 102 Å². The highest BCUT2D eigenvalue weighted by Crippen LogP contribution is 2.48. The Morgan fingerprint density at radius 2 is 1.62 bits per heavy atom. The van der Waals surface area contributed by atoms with E-state index in [1.54, 1.807) is 4.90 Å². The molecule has 5 heteroatoms. The van der Waals surface area contributed by atoms with Gasteiger partial charge in [-0.3, -0.25) is 10.1 Å². The van der Waals surface area contributed by atoms with E-state index in [4.69, 9.17) is 4.74 Å². The lowest BCUT2D eigenvalue weighted by Crippen LogP contribution is -2.39. The third kappa shape index (κ3) is 4.46. The molecule has 0 saturated heterocycles. The van der Waals surface area contributed by atoms with Gasteiger partial charge in [0.15, 0.2) is 0 Å². The smallest absolute Gasteiger partial charge is 0.412 e. The molecule has 1 heterocycles. The average Bonchev–Trinajstić information content (AvgIpc) is 3.02. The van der Waals surface area contributed by atoms with Crippen LogP contribution in [0.5, 0.6) is 0 Å². The van der Waals surface area contributed by atoms with Gasteiger partial charge in [0.25, 0.3) is 0 Å². The first-order valence-electron chi connectivity index (χ1n) is 11.4. The topological polar surface area (TPSA) is 58.6 Å². The van der Waals surface area contributed by atoms with Crippen molar-refractivity contribution in [1.29, 1.82) is 0 Å². The Balaban J connectivity index is 1.67. The lowest BCUT2D eigenvalue weighted by molar-refractivity contribution is -0.121. The first-order chi connectivity index (χ1) is 16.2. The van der Waals surface area contributed by atoms with E-state index in [9.17, 15) is 9.59 Å². The van der Waals surface area contributed by atoms with Crippen molar-refractivity contribution in [1.82, 2.24) is 0 Å². The number of amides is 2. The minimum absolute atomic E-state index is 0.0460. The zero-order valence-electron chi connectivity index (χ0n) is 20.0. The summed E-state index contributed by atoms with van der Waals surface area (Å²) in [6.07, 6.45) is 3.94. The molecule has 3 aromatic rings. The Morgan fingerprint density at radius 1 is 0.971 bits per heavy atom. The van der Waals surface area contributed by atoms with E-state index in [0.29, 0.717) is 12.1 Å². The number of para-hydroxylation sites is 2. The number of nitrogens with zero attached hydrogens (tertiary/aromatic N) is 1. The van der Waals surface area contributed by atoms with Gasteiger partial charge >= 0.3 is 6.09 Å². The summed E-state index contributed by atoms with van der Waals surface area (Å²) in [4.78, 5) is 27.7. The Morgan fingerprint density at radius 3 is 2.35 bits per heavy atom. The summed E-state index contributed by atoms with van der Waals surface area (Å²) in [6.45, 7) is 5.48. The van der Waals surface area contributed by atoms with E-state index in [1.807, 2.05) is 119 Å². The minimum atomic E-state index is -0.809. The fraction of sp³-hybridized carbons (Fsp3) is 0.241. The molecule has 0 spiro atoms. The third-order valence-corrected chi connectivity index (χ3v) is 5.98. The van der Waals surface area contributed by atoms with E-state index in [-0.39, 0.29) is 5.91 Å². The highest BCUT2D eigenvalue weighted by Gasteiger charge is 2.49. The molecule has 2 amide bonds. The molecule has 0 bridgehead atoms. The van der Waals surface area contributed by atoms with E-state index >= 15 is 0 Å². The summed E-state index contributed by atoms with van der Waals surface area (Å²) in [5.41, 5.74) is 2.98. The number of likely N-dealkylation sites (N-methyl/N-ethyl adjacent to an activating group) is 1. The Kier molecular flexibility index (Phi) is 6.29. The number of allylic oxidation sites excluding steroid dienone is 1. The first kappa shape index (κ1) is 23.3. The molecule has 1 N–H and O–H groups in total. The Bertz CT molecular complexity index is 1230. The molecule has 0 saturated carbocycles. The van der Waals surface area contributed by atoms with Crippen LogP contribution in [0.25, 0.3) is 6.08 Å². The second-order valence-corrected chi connectivity index (χ2v) is 9.47. The fourth-order valence-corrected chi connectivity index (χ4v) is 4.49. The van der Waals surface area contributed by atoms with Gasteiger partial charge in [0.2, 0.25) is 5.91 Å². The SMILES string of the molecule is CN1C(=O)[C@](C/C=C/c2ccccc2NC(=O)OC(C)(C)C)(c2ccccc2)c2ccccc21. The molecule has 34 heavy (non-hydrogen) atoms. The van der Waals surface area contributed by atoms with Gasteiger partial charge in [-0.05, 0) is 56.0 Å². The molecule has 174 valence electrons. The number of carbonyl (C=O) groups excluding carboxylic acids is 2. The van der Waals surface area contributed by atoms with Gasteiger partial charge in [-0.15, -0.1) is 0 Å². The molecule has 0 fully saturated rings. The maximum Gasteiger partial charge on any atom is 0.412 e. The molecule has 1 aliphatic rings. The fourth-order valence-electron chi connectivity index (χ4n) is 4.49. The largest absolute Gasteiger partial charge is 0.444 e. The molecular formula is C29H30N2O3. The highest BCUT2D eigenvalue weighted by molar-refractivity contribution is 6.10. The first-order valence-corrected chi connectivity index (χ1v) is 11.4. The summed E-state index contributed by atoms with van der Waals surface area (Å²) in [7, 11) is 1.83. The summed E-state index contributed by atoms with van der Waals surface area (Å²) >= 11 is 0. The van der Waals surface area contributed by atoms with Crippen LogP contribution in [-0.4, -0.2) is 24.6 Å². The van der Waals surface area contributed by atoms with Crippen molar-refractivity contribution < 1.29 is 14.3 Å². The number of ether oxygens (including phenoxy) is 1. The normalized spacial score (nSPS) is 17.6. The molecule has 4 rings (SSSR count). The predicted octanol–water partition coefficient (Wildman–Crippen LogP) is 6.40. The van der Waals surface area contributed by atoms with Crippen LogP contribution in [0, 0.1) is 0 Å². The summed E-state index contributed by atoms with van der Waals surface area (Å²) < 4.78 is 5.40. The van der Waals surface area contributed by atoms with Crippen LogP contribution in [-0.2, 0) is 14.9 Å². The Labute approximate surface area is 201 Å². The third-order valence-electron chi connectivity index (χ3n) is 5.98. The average molecular weight is 455 g/mol. The quantitative estimate of drug-likeness (QED) is 0.485. The molecular weight excluding hydrogens is 424 g/mol. The number of rotatable bonds is 5. The predicted molar refractivity (Wildman–Crippen MR) is 137 cm³/mol. The zero-order chi connectivity index (χ0) is 24.3. The van der Waals surface area contributed by atoms with Crippen LogP contribution >= 0.6 is 0 Å². The molecule has 3 aromatic carbocycles. The van der Waals surface area contributed by atoms with Gasteiger partial charge in [-0.2, -0.15) is 0 Å². The van der Waals surface area contributed by atoms with Gasteiger partial charge in [-0.25, -0.2) is 4.79 Å². The second-order valence-electron chi connectivity index (χ2n) is 9.47. The van der Waals surface area contributed by atoms with Crippen molar-refractivity contribution >= 4 is 29.5 Å². The number of anilines is 2. The molecule has 0 aliphatic carbocycles. The number of hydrogen-bond acceptors (Lipinski definition) is 3. The van der Waals surface area contributed by atoms with Gasteiger partial charge in [-0.1, -0.05) is 78.9 Å². The van der Waals surface area contributed by atoms with Crippen LogP contribution in [0.3, 0.4) is 0 Å². The number of benzene rings is 3. The van der Waals surface area contributed by atoms with Crippen LogP contribution in [0.2, 0.25) is 0 Å². The monoisotopic (exact) mass is 454 g/mol. The van der Waals surface area contributed by atoms with Crippen molar-refractivity contribution in [3.8, 4) is 0 Å². The summed E-state index contributed by atoms with van der Waals surface area (Å²) in [6, 6.07) is 25.4. The molecule has 0 radical (unpaired) electrons. The standard InChI is InChI=1S/C29H30N2O3/c1-28(2,3)34-27(33)30-24-18-10-8-13-21(24)14-12-20-29(22-15-6-5-7-16-22)23-17-9-11-19-25(23)31(4)26(29)32/h5-19H,20H2,1-4H3,(H,30,33)/b14-12+/t29-/m1/s1.